The summed E-state index contributed by atoms with van der Waals surface area (Å²) in [4.78, 5) is 28.2. The molecule has 0 aliphatic carbocycles. The zero-order valence-corrected chi connectivity index (χ0v) is 12.3. The van der Waals surface area contributed by atoms with Gasteiger partial charge in [0.15, 0.2) is 0 Å². The average Bonchev–Trinajstić information content (AvgIpc) is 2.46. The van der Waals surface area contributed by atoms with E-state index in [-0.39, 0.29) is 23.9 Å². The van der Waals surface area contributed by atoms with E-state index in [1.54, 1.807) is 12.2 Å². The zero-order chi connectivity index (χ0) is 15.1. The Hall–Kier alpha value is -2.02. The first-order valence-electron chi connectivity index (χ1n) is 6.75. The van der Waals surface area contributed by atoms with Gasteiger partial charge in [-0.05, 0) is 25.0 Å². The van der Waals surface area contributed by atoms with Crippen molar-refractivity contribution in [2.75, 3.05) is 0 Å². The van der Waals surface area contributed by atoms with E-state index in [0.717, 1.165) is 11.1 Å². The molecule has 0 aliphatic rings. The quantitative estimate of drug-likeness (QED) is 0.589. The van der Waals surface area contributed by atoms with Gasteiger partial charge in [0.2, 0.25) is 12.2 Å². The van der Waals surface area contributed by atoms with Crippen molar-refractivity contribution >= 4 is 12.2 Å². The summed E-state index contributed by atoms with van der Waals surface area (Å²) in [7, 11) is 0. The Morgan fingerprint density at radius 1 is 0.850 bits per heavy atom. The summed E-state index contributed by atoms with van der Waals surface area (Å²) in [5, 5.41) is 0. The van der Waals surface area contributed by atoms with Crippen molar-refractivity contribution in [2.45, 2.75) is 51.6 Å². The average molecular weight is 272 g/mol. The molecule has 0 aromatic heterocycles. The topological polar surface area (TPSA) is 58.9 Å². The van der Waals surface area contributed by atoms with Crippen LogP contribution in [0.4, 0.5) is 0 Å². The van der Waals surface area contributed by atoms with Gasteiger partial charge in [-0.2, -0.15) is 0 Å². The van der Waals surface area contributed by atoms with Crippen LogP contribution < -0.4 is 0 Å². The maximum absolute atomic E-state index is 10.3. The van der Waals surface area contributed by atoms with Crippen molar-refractivity contribution in [1.29, 1.82) is 0 Å². The van der Waals surface area contributed by atoms with Crippen LogP contribution in [0.5, 0.6) is 0 Å². The summed E-state index contributed by atoms with van der Waals surface area (Å²) >= 11 is 0. The smallest absolute Gasteiger partial charge is 0.211 e. The van der Waals surface area contributed by atoms with E-state index in [0.29, 0.717) is 0 Å². The molecule has 0 saturated carbocycles. The maximum Gasteiger partial charge on any atom is 0.235 e. The van der Waals surface area contributed by atoms with Gasteiger partial charge in [-0.15, -0.1) is 0 Å². The molecule has 106 valence electrons. The number of carbonyl (C=O) groups excluding carboxylic acids is 2. The van der Waals surface area contributed by atoms with Gasteiger partial charge in [0.05, 0.1) is 12.1 Å². The third-order valence-corrected chi connectivity index (χ3v) is 3.92. The fraction of sp³-hybridized carbons (Fsp3) is 0.500. The number of nitrogens with zero attached hydrogens (tertiary/aromatic N) is 2. The second kappa shape index (κ2) is 7.54. The van der Waals surface area contributed by atoms with Gasteiger partial charge >= 0.3 is 0 Å². The van der Waals surface area contributed by atoms with Gasteiger partial charge in [-0.3, -0.25) is 0 Å². The molecule has 0 fully saturated rings. The van der Waals surface area contributed by atoms with Crippen LogP contribution in [0.1, 0.15) is 50.7 Å². The number of hydrogen-bond acceptors (Lipinski definition) is 4. The molecule has 20 heavy (non-hydrogen) atoms. The van der Waals surface area contributed by atoms with Crippen LogP contribution in [0.25, 0.3) is 0 Å². The zero-order valence-electron chi connectivity index (χ0n) is 12.3. The number of rotatable bonds is 6. The lowest BCUT2D eigenvalue weighted by Crippen LogP contribution is -2.12. The van der Waals surface area contributed by atoms with E-state index in [9.17, 15) is 9.59 Å². The Kier molecular flexibility index (Phi) is 6.05. The third-order valence-electron chi connectivity index (χ3n) is 3.92. The van der Waals surface area contributed by atoms with Crippen molar-refractivity contribution in [1.82, 2.24) is 0 Å². The SMILES string of the molecule is CC(N=C=O)C(C)c1cccc(C(C)C(C)N=C=O)c1. The predicted octanol–water partition coefficient (Wildman–Crippen LogP) is 3.34. The Labute approximate surface area is 119 Å². The van der Waals surface area contributed by atoms with E-state index in [1.807, 2.05) is 45.9 Å². The van der Waals surface area contributed by atoms with E-state index < -0.39 is 0 Å². The first-order chi connectivity index (χ1) is 9.51. The summed E-state index contributed by atoms with van der Waals surface area (Å²) in [5.41, 5.74) is 2.23. The van der Waals surface area contributed by atoms with Crippen LogP contribution in [0, 0.1) is 0 Å². The van der Waals surface area contributed by atoms with Crippen molar-refractivity contribution in [3.63, 3.8) is 0 Å². The lowest BCUT2D eigenvalue weighted by molar-refractivity contribution is 0.546. The molecule has 0 N–H and O–H groups in total. The highest BCUT2D eigenvalue weighted by Gasteiger charge is 2.17. The van der Waals surface area contributed by atoms with E-state index in [1.165, 1.54) is 0 Å². The first kappa shape index (κ1) is 16.0. The number of isocyanates is 2. The van der Waals surface area contributed by atoms with Gasteiger partial charge in [0.1, 0.15) is 0 Å². The lowest BCUT2D eigenvalue weighted by atomic mass is 9.88. The van der Waals surface area contributed by atoms with Crippen molar-refractivity contribution < 1.29 is 9.59 Å². The molecule has 0 spiro atoms. The molecule has 0 saturated heterocycles. The number of aliphatic imine (C=N–C) groups is 2. The standard InChI is InChI=1S/C16H20N2O2/c1-11(13(3)17-9-19)15-6-5-7-16(8-15)12(2)14(4)18-10-20/h5-8,11-14H,1-4H3. The molecule has 4 heteroatoms. The second-order valence-electron chi connectivity index (χ2n) is 5.17. The van der Waals surface area contributed by atoms with Crippen LogP contribution in [0.15, 0.2) is 34.3 Å². The number of benzene rings is 1. The Balaban J connectivity index is 3.01. The molecule has 1 rings (SSSR count). The predicted molar refractivity (Wildman–Crippen MR) is 78.4 cm³/mol. The van der Waals surface area contributed by atoms with Crippen LogP contribution in [0.3, 0.4) is 0 Å². The fourth-order valence-corrected chi connectivity index (χ4v) is 2.07. The highest BCUT2D eigenvalue weighted by molar-refractivity contribution is 5.36. The Morgan fingerprint density at radius 3 is 1.60 bits per heavy atom. The first-order valence-corrected chi connectivity index (χ1v) is 6.75. The van der Waals surface area contributed by atoms with E-state index >= 15 is 0 Å². The molecular formula is C16H20N2O2. The minimum atomic E-state index is -0.108. The van der Waals surface area contributed by atoms with Crippen molar-refractivity contribution in [3.8, 4) is 0 Å². The summed E-state index contributed by atoms with van der Waals surface area (Å²) in [6.45, 7) is 7.85. The molecule has 0 radical (unpaired) electrons. The van der Waals surface area contributed by atoms with Crippen molar-refractivity contribution in [2.24, 2.45) is 9.98 Å². The molecule has 0 heterocycles. The highest BCUT2D eigenvalue weighted by Crippen LogP contribution is 2.27. The minimum Gasteiger partial charge on any atom is -0.211 e. The molecular weight excluding hydrogens is 252 g/mol. The monoisotopic (exact) mass is 272 g/mol. The molecule has 0 bridgehead atoms. The second-order valence-corrected chi connectivity index (χ2v) is 5.17. The Morgan fingerprint density at radius 2 is 1.25 bits per heavy atom. The summed E-state index contributed by atoms with van der Waals surface area (Å²) < 4.78 is 0. The van der Waals surface area contributed by atoms with Crippen molar-refractivity contribution in [3.05, 3.63) is 35.4 Å². The summed E-state index contributed by atoms with van der Waals surface area (Å²) in [5.74, 6) is 0.266. The molecule has 1 aromatic rings. The summed E-state index contributed by atoms with van der Waals surface area (Å²) in [6, 6.07) is 7.89. The van der Waals surface area contributed by atoms with Crippen LogP contribution in [-0.4, -0.2) is 24.2 Å². The van der Waals surface area contributed by atoms with Crippen LogP contribution in [0.2, 0.25) is 0 Å². The molecule has 1 aromatic carbocycles. The summed E-state index contributed by atoms with van der Waals surface area (Å²) in [6.07, 6.45) is 3.21. The Bertz CT molecular complexity index is 498. The fourth-order valence-electron chi connectivity index (χ4n) is 2.07. The van der Waals surface area contributed by atoms with Gasteiger partial charge in [-0.1, -0.05) is 38.1 Å². The number of hydrogen-bond donors (Lipinski definition) is 0. The van der Waals surface area contributed by atoms with Crippen LogP contribution >= 0.6 is 0 Å². The van der Waals surface area contributed by atoms with Gasteiger partial charge in [-0.25, -0.2) is 19.6 Å². The lowest BCUT2D eigenvalue weighted by Gasteiger charge is -2.19. The van der Waals surface area contributed by atoms with E-state index in [4.69, 9.17) is 0 Å². The largest absolute Gasteiger partial charge is 0.235 e. The molecule has 0 aliphatic heterocycles. The third kappa shape index (κ3) is 3.99. The minimum absolute atomic E-state index is 0.108. The van der Waals surface area contributed by atoms with Crippen LogP contribution in [-0.2, 0) is 9.59 Å². The van der Waals surface area contributed by atoms with Gasteiger partial charge in [0, 0.05) is 11.8 Å². The van der Waals surface area contributed by atoms with E-state index in [2.05, 4.69) is 16.1 Å². The molecule has 0 amide bonds. The molecule has 4 nitrogen and oxygen atoms in total. The van der Waals surface area contributed by atoms with Gasteiger partial charge in [0.25, 0.3) is 0 Å². The molecule has 4 atom stereocenters. The normalized spacial score (nSPS) is 16.2. The molecule has 4 unspecified atom stereocenters. The highest BCUT2D eigenvalue weighted by atomic mass is 16.1. The maximum atomic E-state index is 10.3. The van der Waals surface area contributed by atoms with Gasteiger partial charge < -0.3 is 0 Å².